The number of fused-ring (bicyclic) bond motifs is 9. The van der Waals surface area contributed by atoms with E-state index in [0.717, 1.165) is 39.1 Å². The van der Waals surface area contributed by atoms with Crippen LogP contribution in [0.15, 0.2) is 6.07 Å². The van der Waals surface area contributed by atoms with Crippen LogP contribution >= 0.6 is 11.8 Å². The van der Waals surface area contributed by atoms with Gasteiger partial charge in [0.2, 0.25) is 6.79 Å². The number of esters is 1. The molecule has 0 aliphatic carbocycles. The van der Waals surface area contributed by atoms with Crippen molar-refractivity contribution in [2.45, 2.75) is 69.6 Å². The van der Waals surface area contributed by atoms with Crippen molar-refractivity contribution in [3.05, 3.63) is 45.0 Å². The molecule has 4 bridgehead atoms. The molecule has 0 radical (unpaired) electrons. The summed E-state index contributed by atoms with van der Waals surface area (Å²) < 4.78 is 23.8. The molecule has 2 saturated heterocycles. The summed E-state index contributed by atoms with van der Waals surface area (Å²) in [5.74, 6) is 2.15. The first-order chi connectivity index (χ1) is 19.7. The molecule has 0 saturated carbocycles. The van der Waals surface area contributed by atoms with Gasteiger partial charge in [0.25, 0.3) is 0 Å². The lowest BCUT2D eigenvalue weighted by Gasteiger charge is -2.62. The first kappa shape index (κ1) is 26.7. The predicted molar refractivity (Wildman–Crippen MR) is 153 cm³/mol. The molecule has 216 valence electrons. The highest BCUT2D eigenvalue weighted by Crippen LogP contribution is 2.62. The smallest absolute Gasteiger partial charge is 0.309 e. The lowest BCUT2D eigenvalue weighted by molar-refractivity contribution is -0.153. The highest BCUT2D eigenvalue weighted by Gasteiger charge is 2.60. The monoisotopic (exact) mass is 577 g/mol. The number of hydrogen-bond donors (Lipinski definition) is 1. The minimum Gasteiger partial charge on any atom is -0.504 e. The Kier molecular flexibility index (Phi) is 6.16. The van der Waals surface area contributed by atoms with Gasteiger partial charge in [-0.15, -0.1) is 0 Å². The van der Waals surface area contributed by atoms with Crippen LogP contribution in [0.25, 0.3) is 0 Å². The molecule has 10 heteroatoms. The average molecular weight is 578 g/mol. The molecule has 1 N–H and O–H groups in total. The second kappa shape index (κ2) is 9.45. The summed E-state index contributed by atoms with van der Waals surface area (Å²) in [4.78, 5) is 17.6. The van der Waals surface area contributed by atoms with E-state index >= 15 is 0 Å². The second-order valence-corrected chi connectivity index (χ2v) is 13.2. The van der Waals surface area contributed by atoms with Crippen molar-refractivity contribution in [2.75, 3.05) is 33.3 Å². The average Bonchev–Trinajstić information content (AvgIpc) is 3.44. The van der Waals surface area contributed by atoms with Crippen LogP contribution in [0.2, 0.25) is 0 Å². The number of carbonyl (C=O) groups excluding carboxylic acids is 1. The van der Waals surface area contributed by atoms with Crippen LogP contribution < -0.4 is 14.2 Å². The Morgan fingerprint density at radius 1 is 1.12 bits per heavy atom. The van der Waals surface area contributed by atoms with Gasteiger partial charge in [-0.2, -0.15) is 17.0 Å². The van der Waals surface area contributed by atoms with E-state index < -0.39 is 12.1 Å². The molecule has 41 heavy (non-hydrogen) atoms. The van der Waals surface area contributed by atoms with Crippen molar-refractivity contribution in [3.63, 3.8) is 0 Å². The van der Waals surface area contributed by atoms with E-state index in [1.165, 1.54) is 5.56 Å². The summed E-state index contributed by atoms with van der Waals surface area (Å²) in [6.07, 6.45) is 0.612. The topological polar surface area (TPSA) is 104 Å². The Bertz CT molecular complexity index is 1520. The summed E-state index contributed by atoms with van der Waals surface area (Å²) in [7, 11) is 3.66. The van der Waals surface area contributed by atoms with Gasteiger partial charge in [0.1, 0.15) is 12.6 Å². The number of phenols is 1. The van der Waals surface area contributed by atoms with Crippen molar-refractivity contribution in [1.82, 2.24) is 9.80 Å². The molecule has 2 fully saturated rings. The first-order valence-corrected chi connectivity index (χ1v) is 15.2. The minimum absolute atomic E-state index is 0.107. The Morgan fingerprint density at radius 2 is 1.88 bits per heavy atom. The normalized spacial score (nSPS) is 31.9. The third-order valence-corrected chi connectivity index (χ3v) is 11.6. The van der Waals surface area contributed by atoms with Gasteiger partial charge < -0.3 is 24.1 Å². The van der Waals surface area contributed by atoms with Gasteiger partial charge in [0.05, 0.1) is 31.2 Å². The SMILES string of the molecule is COc1c(C)cc2c(c1O)[C@@H]1C3[C@@H]4SCC(C)C(=O)OC[C@@H](c5c6c(c(C)c(C)c54)OCO6)N3[C@@H](C#N)[C@H](C2)N1C. The van der Waals surface area contributed by atoms with Crippen LogP contribution in [-0.4, -0.2) is 72.3 Å². The number of nitriles is 1. The van der Waals surface area contributed by atoms with Gasteiger partial charge in [-0.3, -0.25) is 14.6 Å². The van der Waals surface area contributed by atoms with Gasteiger partial charge >= 0.3 is 5.97 Å². The van der Waals surface area contributed by atoms with Crippen LogP contribution in [0.5, 0.6) is 23.0 Å². The maximum atomic E-state index is 13.0. The summed E-state index contributed by atoms with van der Waals surface area (Å²) in [5, 5.41) is 22.4. The Hall–Kier alpha value is -3.13. The number of nitrogens with zero attached hydrogens (tertiary/aromatic N) is 3. The number of thioether (sulfide) groups is 1. The largest absolute Gasteiger partial charge is 0.504 e. The highest BCUT2D eigenvalue weighted by molar-refractivity contribution is 7.99. The number of ether oxygens (including phenoxy) is 4. The molecule has 9 nitrogen and oxygen atoms in total. The van der Waals surface area contributed by atoms with Gasteiger partial charge in [0, 0.05) is 34.2 Å². The zero-order valence-corrected chi connectivity index (χ0v) is 25.0. The quantitative estimate of drug-likeness (QED) is 0.495. The summed E-state index contributed by atoms with van der Waals surface area (Å²) in [6, 6.07) is 3.36. The number of carbonyl (C=O) groups is 1. The zero-order chi connectivity index (χ0) is 28.9. The van der Waals surface area contributed by atoms with E-state index in [2.05, 4.69) is 42.8 Å². The van der Waals surface area contributed by atoms with Gasteiger partial charge in [0.15, 0.2) is 23.0 Å². The highest BCUT2D eigenvalue weighted by atomic mass is 32.2. The van der Waals surface area contributed by atoms with Crippen LogP contribution in [0, 0.1) is 38.0 Å². The maximum Gasteiger partial charge on any atom is 0.309 e. The third-order valence-electron chi connectivity index (χ3n) is 10.00. The van der Waals surface area contributed by atoms with E-state index in [4.69, 9.17) is 18.9 Å². The number of aromatic hydroxyl groups is 1. The summed E-state index contributed by atoms with van der Waals surface area (Å²) in [5.41, 5.74) is 7.11. The number of benzene rings is 2. The van der Waals surface area contributed by atoms with Crippen molar-refractivity contribution in [2.24, 2.45) is 5.92 Å². The fourth-order valence-electron chi connectivity index (χ4n) is 8.01. The summed E-state index contributed by atoms with van der Waals surface area (Å²) in [6.45, 7) is 8.30. The van der Waals surface area contributed by atoms with Crippen LogP contribution in [0.4, 0.5) is 0 Å². The molecule has 0 amide bonds. The third kappa shape index (κ3) is 3.52. The van der Waals surface area contributed by atoms with Crippen LogP contribution in [-0.2, 0) is 16.0 Å². The second-order valence-electron chi connectivity index (χ2n) is 12.0. The number of phenolic OH excluding ortho intramolecular Hbond substituents is 1. The fourth-order valence-corrected chi connectivity index (χ4v) is 9.60. The standard InChI is InChI=1S/C31H35N3O6S/c1-13-7-17-8-18-19(9-32)34-20-10-38-31(36)14(2)11-41-30(21-15(3)16(4)28-29(23(20)21)40-12-39-28)25(34)24(33(18)5)22(17)26(35)27(13)37-6/h7,14,18-20,24-25,30,35H,8,10-12H2,1-6H3/t14?,18-,19-,20-,24+,25?,30+/m0/s1. The lowest BCUT2D eigenvalue weighted by Crippen LogP contribution is -2.69. The number of aryl methyl sites for hydroxylation is 1. The Balaban J connectivity index is 1.54. The molecular weight excluding hydrogens is 542 g/mol. The number of methoxy groups -OCH3 is 1. The molecule has 7 rings (SSSR count). The Morgan fingerprint density at radius 3 is 2.61 bits per heavy atom. The molecule has 0 spiro atoms. The molecule has 7 atom stereocenters. The maximum absolute atomic E-state index is 13.0. The molecule has 2 aromatic rings. The number of hydrogen-bond acceptors (Lipinski definition) is 10. The molecule has 5 heterocycles. The lowest BCUT2D eigenvalue weighted by atomic mass is 9.71. The predicted octanol–water partition coefficient (Wildman–Crippen LogP) is 4.25. The number of piperazine rings is 1. The van der Waals surface area contributed by atoms with E-state index in [-0.39, 0.29) is 54.4 Å². The van der Waals surface area contributed by atoms with E-state index in [9.17, 15) is 15.2 Å². The van der Waals surface area contributed by atoms with E-state index in [0.29, 0.717) is 23.7 Å². The molecule has 5 aliphatic heterocycles. The van der Waals surface area contributed by atoms with Crippen molar-refractivity contribution in [3.8, 4) is 29.1 Å². The molecule has 2 unspecified atom stereocenters. The molecule has 2 aromatic carbocycles. The first-order valence-electron chi connectivity index (χ1n) is 14.2. The molecule has 0 aromatic heterocycles. The number of likely N-dealkylation sites (N-methyl/N-ethyl adjacent to an activating group) is 1. The zero-order valence-electron chi connectivity index (χ0n) is 24.2. The van der Waals surface area contributed by atoms with Crippen LogP contribution in [0.1, 0.15) is 63.2 Å². The van der Waals surface area contributed by atoms with Gasteiger partial charge in [-0.25, -0.2) is 0 Å². The molecule has 5 aliphatic rings. The van der Waals surface area contributed by atoms with Gasteiger partial charge in [-0.1, -0.05) is 13.0 Å². The van der Waals surface area contributed by atoms with Gasteiger partial charge in [-0.05, 0) is 62.1 Å². The van der Waals surface area contributed by atoms with E-state index in [1.54, 1.807) is 18.9 Å². The van der Waals surface area contributed by atoms with Crippen molar-refractivity contribution < 1.29 is 28.8 Å². The Labute approximate surface area is 244 Å². The fraction of sp³-hybridized carbons (Fsp3) is 0.548. The van der Waals surface area contributed by atoms with Crippen molar-refractivity contribution in [1.29, 1.82) is 5.26 Å². The summed E-state index contributed by atoms with van der Waals surface area (Å²) >= 11 is 1.73. The van der Waals surface area contributed by atoms with Crippen molar-refractivity contribution >= 4 is 17.7 Å². The molecular formula is C31H35N3O6S. The minimum atomic E-state index is -0.477. The van der Waals surface area contributed by atoms with E-state index in [1.807, 2.05) is 13.8 Å². The number of cyclic esters (lactones) is 1. The number of rotatable bonds is 1. The van der Waals surface area contributed by atoms with Crippen LogP contribution in [0.3, 0.4) is 0 Å².